The molecule has 26 heavy (non-hydrogen) atoms. The molecular weight excluding hydrogens is 331 g/mol. The van der Waals surface area contributed by atoms with Gasteiger partial charge in [0.05, 0.1) is 18.2 Å². The van der Waals surface area contributed by atoms with Gasteiger partial charge >= 0.3 is 0 Å². The summed E-state index contributed by atoms with van der Waals surface area (Å²) >= 11 is 0. The number of anilines is 1. The molecule has 0 bridgehead atoms. The van der Waals surface area contributed by atoms with E-state index in [1.807, 2.05) is 31.2 Å². The number of rotatable bonds is 6. The van der Waals surface area contributed by atoms with Crippen molar-refractivity contribution in [1.82, 2.24) is 4.90 Å². The van der Waals surface area contributed by atoms with E-state index < -0.39 is 0 Å². The Labute approximate surface area is 154 Å². The molecule has 1 fully saturated rings. The number of hydrogen-bond acceptors (Lipinski definition) is 3. The van der Waals surface area contributed by atoms with Gasteiger partial charge in [-0.15, -0.1) is 0 Å². The molecule has 1 aliphatic heterocycles. The van der Waals surface area contributed by atoms with Crippen molar-refractivity contribution in [2.75, 3.05) is 25.0 Å². The van der Waals surface area contributed by atoms with Crippen molar-refractivity contribution in [3.05, 3.63) is 59.9 Å². The third-order valence-electron chi connectivity index (χ3n) is 4.64. The average Bonchev–Trinajstić information content (AvgIpc) is 2.66. The first-order valence-electron chi connectivity index (χ1n) is 9.15. The highest BCUT2D eigenvalue weighted by atomic mass is 19.1. The molecule has 1 saturated heterocycles. The summed E-state index contributed by atoms with van der Waals surface area (Å²) in [6.07, 6.45) is 1.86. The zero-order chi connectivity index (χ0) is 18.4. The molecular formula is C21H25FN2O2. The highest BCUT2D eigenvalue weighted by molar-refractivity contribution is 5.94. The van der Waals surface area contributed by atoms with E-state index in [0.717, 1.165) is 37.2 Å². The fraction of sp³-hybridized carbons (Fsp3) is 0.381. The van der Waals surface area contributed by atoms with Crippen LogP contribution in [0.5, 0.6) is 5.75 Å². The molecule has 138 valence electrons. The van der Waals surface area contributed by atoms with Crippen LogP contribution < -0.4 is 10.1 Å². The number of amides is 1. The highest BCUT2D eigenvalue weighted by Crippen LogP contribution is 2.26. The van der Waals surface area contributed by atoms with Gasteiger partial charge in [0.25, 0.3) is 0 Å². The Balaban J connectivity index is 1.60. The molecule has 1 aliphatic rings. The fourth-order valence-electron chi connectivity index (χ4n) is 3.35. The third-order valence-corrected chi connectivity index (χ3v) is 4.64. The normalized spacial score (nSPS) is 17.7. The summed E-state index contributed by atoms with van der Waals surface area (Å²) in [7, 11) is 0. The van der Waals surface area contributed by atoms with E-state index in [2.05, 4.69) is 10.2 Å². The standard InChI is InChI=1S/C21H25FN2O2/c1-2-26-20-8-4-3-7-19(20)23-21(25)17-6-5-13-24(15-17)14-16-9-11-18(22)12-10-16/h3-4,7-12,17H,2,5-6,13-15H2,1H3,(H,23,25). The maximum atomic E-state index is 13.1. The Bertz CT molecular complexity index is 733. The maximum Gasteiger partial charge on any atom is 0.228 e. The number of piperidine rings is 1. The molecule has 4 nitrogen and oxygen atoms in total. The molecule has 5 heteroatoms. The van der Waals surface area contributed by atoms with Crippen LogP contribution in [0.25, 0.3) is 0 Å². The lowest BCUT2D eigenvalue weighted by atomic mass is 9.96. The molecule has 0 spiro atoms. The molecule has 2 aromatic rings. The van der Waals surface area contributed by atoms with E-state index in [0.29, 0.717) is 18.9 Å². The Morgan fingerprint density at radius 1 is 1.23 bits per heavy atom. The van der Waals surface area contributed by atoms with E-state index in [9.17, 15) is 9.18 Å². The van der Waals surface area contributed by atoms with Crippen molar-refractivity contribution in [2.24, 2.45) is 5.92 Å². The van der Waals surface area contributed by atoms with Crippen LogP contribution >= 0.6 is 0 Å². The molecule has 1 atom stereocenters. The molecule has 0 radical (unpaired) electrons. The Morgan fingerprint density at radius 2 is 2.00 bits per heavy atom. The summed E-state index contributed by atoms with van der Waals surface area (Å²) in [5.74, 6) is 0.444. The lowest BCUT2D eigenvalue weighted by molar-refractivity contribution is -0.121. The predicted octanol–water partition coefficient (Wildman–Crippen LogP) is 4.08. The van der Waals surface area contributed by atoms with E-state index in [1.165, 1.54) is 12.1 Å². The van der Waals surface area contributed by atoms with Crippen LogP contribution in [-0.2, 0) is 11.3 Å². The zero-order valence-corrected chi connectivity index (χ0v) is 15.1. The van der Waals surface area contributed by atoms with Gasteiger partial charge in [0, 0.05) is 13.1 Å². The number of carbonyl (C=O) groups is 1. The minimum atomic E-state index is -0.224. The predicted molar refractivity (Wildman–Crippen MR) is 101 cm³/mol. The lowest BCUT2D eigenvalue weighted by Gasteiger charge is -2.32. The van der Waals surface area contributed by atoms with Crippen LogP contribution in [0, 0.1) is 11.7 Å². The monoisotopic (exact) mass is 356 g/mol. The number of nitrogens with one attached hydrogen (secondary N) is 1. The van der Waals surface area contributed by atoms with Gasteiger partial charge in [0.2, 0.25) is 5.91 Å². The fourth-order valence-corrected chi connectivity index (χ4v) is 3.35. The summed E-state index contributed by atoms with van der Waals surface area (Å²) in [4.78, 5) is 15.0. The van der Waals surface area contributed by atoms with Crippen LogP contribution in [-0.4, -0.2) is 30.5 Å². The van der Waals surface area contributed by atoms with Crippen molar-refractivity contribution in [1.29, 1.82) is 0 Å². The average molecular weight is 356 g/mol. The summed E-state index contributed by atoms with van der Waals surface area (Å²) in [5.41, 5.74) is 1.78. The molecule has 3 rings (SSSR count). The quantitative estimate of drug-likeness (QED) is 0.848. The zero-order valence-electron chi connectivity index (χ0n) is 15.1. The molecule has 0 aromatic heterocycles. The van der Waals surface area contributed by atoms with Crippen LogP contribution in [0.2, 0.25) is 0 Å². The maximum absolute atomic E-state index is 13.1. The van der Waals surface area contributed by atoms with E-state index in [4.69, 9.17) is 4.74 Å². The van der Waals surface area contributed by atoms with Gasteiger partial charge in [-0.25, -0.2) is 4.39 Å². The topological polar surface area (TPSA) is 41.6 Å². The van der Waals surface area contributed by atoms with Crippen LogP contribution in [0.4, 0.5) is 10.1 Å². The summed E-state index contributed by atoms with van der Waals surface area (Å²) in [5, 5.41) is 3.02. The number of nitrogens with zero attached hydrogens (tertiary/aromatic N) is 1. The van der Waals surface area contributed by atoms with Crippen LogP contribution in [0.15, 0.2) is 48.5 Å². The highest BCUT2D eigenvalue weighted by Gasteiger charge is 2.26. The lowest BCUT2D eigenvalue weighted by Crippen LogP contribution is -2.40. The number of benzene rings is 2. The summed E-state index contributed by atoms with van der Waals surface area (Å²) in [6.45, 7) is 4.88. The van der Waals surface area contributed by atoms with E-state index in [-0.39, 0.29) is 17.6 Å². The summed E-state index contributed by atoms with van der Waals surface area (Å²) in [6, 6.07) is 14.1. The summed E-state index contributed by atoms with van der Waals surface area (Å²) < 4.78 is 18.6. The SMILES string of the molecule is CCOc1ccccc1NC(=O)C1CCCN(Cc2ccc(F)cc2)C1. The third kappa shape index (κ3) is 4.82. The van der Waals surface area contributed by atoms with Crippen molar-refractivity contribution in [3.8, 4) is 5.75 Å². The van der Waals surface area contributed by atoms with E-state index in [1.54, 1.807) is 12.1 Å². The van der Waals surface area contributed by atoms with Gasteiger partial charge < -0.3 is 10.1 Å². The van der Waals surface area contributed by atoms with Crippen LogP contribution in [0.3, 0.4) is 0 Å². The second-order valence-corrected chi connectivity index (χ2v) is 6.62. The van der Waals surface area contributed by atoms with Gasteiger partial charge in [-0.05, 0) is 56.1 Å². The molecule has 2 aromatic carbocycles. The number of hydrogen-bond donors (Lipinski definition) is 1. The number of para-hydroxylation sites is 2. The second kappa shape index (κ2) is 8.81. The van der Waals surface area contributed by atoms with Crippen molar-refractivity contribution < 1.29 is 13.9 Å². The first kappa shape index (κ1) is 18.4. The van der Waals surface area contributed by atoms with Crippen molar-refractivity contribution in [3.63, 3.8) is 0 Å². The van der Waals surface area contributed by atoms with Crippen LogP contribution in [0.1, 0.15) is 25.3 Å². The molecule has 1 amide bonds. The van der Waals surface area contributed by atoms with Gasteiger partial charge in [-0.1, -0.05) is 24.3 Å². The molecule has 1 heterocycles. The Hall–Kier alpha value is -2.40. The number of carbonyl (C=O) groups excluding carboxylic acids is 1. The van der Waals surface area contributed by atoms with Crippen molar-refractivity contribution >= 4 is 11.6 Å². The molecule has 1 N–H and O–H groups in total. The molecule has 0 aliphatic carbocycles. The second-order valence-electron chi connectivity index (χ2n) is 6.62. The number of likely N-dealkylation sites (tertiary alicyclic amines) is 1. The Morgan fingerprint density at radius 3 is 2.77 bits per heavy atom. The minimum absolute atomic E-state index is 0.0287. The van der Waals surface area contributed by atoms with Gasteiger partial charge in [0.1, 0.15) is 11.6 Å². The molecule has 0 saturated carbocycles. The minimum Gasteiger partial charge on any atom is -0.492 e. The first-order chi connectivity index (χ1) is 12.7. The molecule has 1 unspecified atom stereocenters. The van der Waals surface area contributed by atoms with Crippen molar-refractivity contribution in [2.45, 2.75) is 26.3 Å². The van der Waals surface area contributed by atoms with Gasteiger partial charge in [-0.3, -0.25) is 9.69 Å². The number of halogens is 1. The number of ether oxygens (including phenoxy) is 1. The Kier molecular flexibility index (Phi) is 6.23. The van der Waals surface area contributed by atoms with Gasteiger partial charge in [0.15, 0.2) is 0 Å². The largest absolute Gasteiger partial charge is 0.492 e. The van der Waals surface area contributed by atoms with E-state index >= 15 is 0 Å². The first-order valence-corrected chi connectivity index (χ1v) is 9.15. The smallest absolute Gasteiger partial charge is 0.228 e. The van der Waals surface area contributed by atoms with Gasteiger partial charge in [-0.2, -0.15) is 0 Å².